The van der Waals surface area contributed by atoms with Gasteiger partial charge in [0.05, 0.1) is 0 Å². The van der Waals surface area contributed by atoms with Crippen molar-refractivity contribution in [1.82, 2.24) is 0 Å². The fraction of sp³-hybridized carbons (Fsp3) is 0.900. The van der Waals surface area contributed by atoms with Crippen LogP contribution in [0.1, 0.15) is 33.6 Å². The van der Waals surface area contributed by atoms with Gasteiger partial charge in [-0.05, 0) is 24.2 Å². The molecule has 2 fully saturated rings. The highest BCUT2D eigenvalue weighted by Gasteiger charge is 2.63. The van der Waals surface area contributed by atoms with Gasteiger partial charge in [-0.15, -0.1) is 0 Å². The van der Waals surface area contributed by atoms with Crippen LogP contribution >= 0.6 is 0 Å². The molecule has 3 atom stereocenters. The van der Waals surface area contributed by atoms with Gasteiger partial charge in [0.1, 0.15) is 5.78 Å². The zero-order valence-electron chi connectivity index (χ0n) is 7.55. The van der Waals surface area contributed by atoms with Gasteiger partial charge in [-0.1, -0.05) is 20.8 Å². The molecule has 0 amide bonds. The highest BCUT2D eigenvalue weighted by molar-refractivity contribution is 5.88. The van der Waals surface area contributed by atoms with E-state index in [0.717, 1.165) is 12.3 Å². The van der Waals surface area contributed by atoms with E-state index in [1.165, 1.54) is 6.42 Å². The summed E-state index contributed by atoms with van der Waals surface area (Å²) in [5.74, 6) is 2.03. The molecule has 0 aromatic heterocycles. The second-order valence-electron chi connectivity index (χ2n) is 4.79. The monoisotopic (exact) mass is 152 g/mol. The summed E-state index contributed by atoms with van der Waals surface area (Å²) < 4.78 is 0. The van der Waals surface area contributed by atoms with Crippen molar-refractivity contribution in [2.24, 2.45) is 23.2 Å². The number of hydrogen-bond donors (Lipinski definition) is 0. The molecule has 2 aliphatic rings. The molecule has 1 heteroatoms. The minimum atomic E-state index is 0.345. The third kappa shape index (κ3) is 0.800. The van der Waals surface area contributed by atoms with Gasteiger partial charge in [-0.3, -0.25) is 4.79 Å². The predicted molar refractivity (Wildman–Crippen MR) is 44.2 cm³/mol. The van der Waals surface area contributed by atoms with Crippen molar-refractivity contribution in [3.05, 3.63) is 0 Å². The molecule has 0 radical (unpaired) electrons. The highest BCUT2D eigenvalue weighted by Crippen LogP contribution is 2.64. The average Bonchev–Trinajstić information content (AvgIpc) is 2.46. The summed E-state index contributed by atoms with van der Waals surface area (Å²) >= 11 is 0. The maximum atomic E-state index is 11.6. The van der Waals surface area contributed by atoms with Crippen LogP contribution in [0.2, 0.25) is 0 Å². The van der Waals surface area contributed by atoms with Crippen molar-refractivity contribution in [2.75, 3.05) is 0 Å². The van der Waals surface area contributed by atoms with Crippen LogP contribution in [0, 0.1) is 23.2 Å². The Kier molecular flexibility index (Phi) is 1.25. The maximum Gasteiger partial charge on any atom is 0.139 e. The Balaban J connectivity index is 2.19. The van der Waals surface area contributed by atoms with Crippen LogP contribution in [0.4, 0.5) is 0 Å². The van der Waals surface area contributed by atoms with E-state index in [-0.39, 0.29) is 0 Å². The molecule has 0 saturated heterocycles. The van der Waals surface area contributed by atoms with E-state index in [1.807, 2.05) is 0 Å². The van der Waals surface area contributed by atoms with Crippen molar-refractivity contribution in [3.63, 3.8) is 0 Å². The van der Waals surface area contributed by atoms with Gasteiger partial charge >= 0.3 is 0 Å². The Morgan fingerprint density at radius 2 is 2.00 bits per heavy atom. The largest absolute Gasteiger partial charge is 0.299 e. The first-order chi connectivity index (χ1) is 5.05. The van der Waals surface area contributed by atoms with E-state index < -0.39 is 0 Å². The maximum absolute atomic E-state index is 11.6. The third-order valence-corrected chi connectivity index (χ3v) is 3.75. The summed E-state index contributed by atoms with van der Waals surface area (Å²) in [6, 6.07) is 0. The summed E-state index contributed by atoms with van der Waals surface area (Å²) in [7, 11) is 0. The first kappa shape index (κ1) is 7.33. The van der Waals surface area contributed by atoms with Gasteiger partial charge < -0.3 is 0 Å². The van der Waals surface area contributed by atoms with Gasteiger partial charge in [0.15, 0.2) is 0 Å². The topological polar surface area (TPSA) is 17.1 Å². The molecule has 2 aliphatic carbocycles. The lowest BCUT2D eigenvalue weighted by Crippen LogP contribution is -2.19. The lowest BCUT2D eigenvalue weighted by molar-refractivity contribution is -0.125. The Labute approximate surface area is 68.2 Å². The van der Waals surface area contributed by atoms with Crippen molar-refractivity contribution >= 4 is 5.78 Å². The van der Waals surface area contributed by atoms with E-state index >= 15 is 0 Å². The molecule has 62 valence electrons. The summed E-state index contributed by atoms with van der Waals surface area (Å²) in [5, 5.41) is 0. The number of carbonyl (C=O) groups is 1. The summed E-state index contributed by atoms with van der Waals surface area (Å²) in [5.41, 5.74) is 0.349. The number of ketones is 1. The van der Waals surface area contributed by atoms with E-state index in [2.05, 4.69) is 20.8 Å². The number of carbonyl (C=O) groups excluding carboxylic acids is 1. The van der Waals surface area contributed by atoms with Gasteiger partial charge in [0, 0.05) is 11.8 Å². The Morgan fingerprint density at radius 3 is 2.55 bits per heavy atom. The summed E-state index contributed by atoms with van der Waals surface area (Å²) in [6.45, 7) is 6.55. The molecule has 1 unspecified atom stereocenters. The molecule has 0 N–H and O–H groups in total. The molecular formula is C10H16O. The molecule has 0 heterocycles. The number of fused-ring (bicyclic) bond motifs is 1. The smallest absolute Gasteiger partial charge is 0.139 e. The lowest BCUT2D eigenvalue weighted by atomic mass is 9.90. The summed E-state index contributed by atoms with van der Waals surface area (Å²) in [6.07, 6.45) is 2.41. The van der Waals surface area contributed by atoms with Crippen molar-refractivity contribution < 1.29 is 4.79 Å². The normalized spacial score (nSPS) is 46.8. The first-order valence-corrected chi connectivity index (χ1v) is 4.59. The molecule has 2 rings (SSSR count). The average molecular weight is 152 g/mol. The van der Waals surface area contributed by atoms with Crippen molar-refractivity contribution in [1.29, 1.82) is 0 Å². The van der Waals surface area contributed by atoms with Crippen LogP contribution in [0.25, 0.3) is 0 Å². The zero-order chi connectivity index (χ0) is 8.22. The molecule has 2 saturated carbocycles. The number of hydrogen-bond acceptors (Lipinski definition) is 1. The molecule has 11 heavy (non-hydrogen) atoms. The first-order valence-electron chi connectivity index (χ1n) is 4.59. The second kappa shape index (κ2) is 1.88. The van der Waals surface area contributed by atoms with Crippen molar-refractivity contribution in [3.8, 4) is 0 Å². The Bertz CT molecular complexity index is 205. The van der Waals surface area contributed by atoms with Crippen molar-refractivity contribution in [2.45, 2.75) is 33.6 Å². The van der Waals surface area contributed by atoms with E-state index in [0.29, 0.717) is 23.0 Å². The number of rotatable bonds is 0. The Morgan fingerprint density at radius 1 is 1.36 bits per heavy atom. The van der Waals surface area contributed by atoms with Gasteiger partial charge in [-0.2, -0.15) is 0 Å². The van der Waals surface area contributed by atoms with Crippen LogP contribution in [-0.4, -0.2) is 5.78 Å². The third-order valence-electron chi connectivity index (χ3n) is 3.75. The fourth-order valence-corrected chi connectivity index (χ4v) is 2.73. The molecule has 0 aromatic carbocycles. The molecule has 0 aromatic rings. The SMILES string of the molecule is CC1CC[C@@H]2[C@H](C1=O)C2(C)C. The van der Waals surface area contributed by atoms with Gasteiger partial charge in [0.2, 0.25) is 0 Å². The molecule has 0 aliphatic heterocycles. The molecule has 0 spiro atoms. The van der Waals surface area contributed by atoms with E-state index in [4.69, 9.17) is 0 Å². The Hall–Kier alpha value is -0.330. The zero-order valence-corrected chi connectivity index (χ0v) is 7.55. The second-order valence-corrected chi connectivity index (χ2v) is 4.79. The van der Waals surface area contributed by atoms with Gasteiger partial charge in [-0.25, -0.2) is 0 Å². The quantitative estimate of drug-likeness (QED) is 0.520. The minimum Gasteiger partial charge on any atom is -0.299 e. The molecular weight excluding hydrogens is 136 g/mol. The van der Waals surface area contributed by atoms with Crippen LogP contribution in [0.3, 0.4) is 0 Å². The predicted octanol–water partition coefficient (Wildman–Crippen LogP) is 2.26. The lowest BCUT2D eigenvalue weighted by Gasteiger charge is -2.14. The van der Waals surface area contributed by atoms with E-state index in [1.54, 1.807) is 0 Å². The van der Waals surface area contributed by atoms with Crippen LogP contribution in [0.15, 0.2) is 0 Å². The molecule has 0 bridgehead atoms. The van der Waals surface area contributed by atoms with Gasteiger partial charge in [0.25, 0.3) is 0 Å². The van der Waals surface area contributed by atoms with Crippen LogP contribution < -0.4 is 0 Å². The fourth-order valence-electron chi connectivity index (χ4n) is 2.73. The number of Topliss-reactive ketones (excluding diaryl/α,β-unsaturated/α-hetero) is 1. The van der Waals surface area contributed by atoms with Crippen LogP contribution in [-0.2, 0) is 4.79 Å². The molecule has 1 nitrogen and oxygen atoms in total. The summed E-state index contributed by atoms with van der Waals surface area (Å²) in [4.78, 5) is 11.6. The van der Waals surface area contributed by atoms with Crippen LogP contribution in [0.5, 0.6) is 0 Å². The minimum absolute atomic E-state index is 0.345. The van der Waals surface area contributed by atoms with E-state index in [9.17, 15) is 4.79 Å². The highest BCUT2D eigenvalue weighted by atomic mass is 16.1. The standard InChI is InChI=1S/C10H16O/c1-6-4-5-7-8(9(6)11)10(7,2)3/h6-8H,4-5H2,1-3H3/t6?,7-,8-/m1/s1.